The fraction of sp³-hybridized carbons (Fsp3) is 0.875. The summed E-state index contributed by atoms with van der Waals surface area (Å²) in [5.74, 6) is 0.311. The van der Waals surface area contributed by atoms with E-state index in [4.69, 9.17) is 24.5 Å². The lowest BCUT2D eigenvalue weighted by Gasteiger charge is -2.34. The Kier molecular flexibility index (Phi) is 7.90. The number of rotatable bonds is 4. The lowest BCUT2D eigenvalue weighted by Crippen LogP contribution is -2.46. The third kappa shape index (κ3) is 5.41. The van der Waals surface area contributed by atoms with Crippen LogP contribution in [0.5, 0.6) is 0 Å². The summed E-state index contributed by atoms with van der Waals surface area (Å²) in [4.78, 5) is 23.0. The molecule has 8 nitrogen and oxygen atoms in total. The minimum atomic E-state index is -0.250. The smallest absolute Gasteiger partial charge is 0.290 e. The fourth-order valence-electron chi connectivity index (χ4n) is 3.64. The zero-order valence-corrected chi connectivity index (χ0v) is 13.9. The number of hydrogen-bond acceptors (Lipinski definition) is 6. The highest BCUT2D eigenvalue weighted by molar-refractivity contribution is 5.79. The molecule has 1 amide bonds. The van der Waals surface area contributed by atoms with E-state index in [2.05, 4.69) is 10.2 Å². The molecule has 138 valence electrons. The van der Waals surface area contributed by atoms with Crippen molar-refractivity contribution in [1.29, 1.82) is 0 Å². The van der Waals surface area contributed by atoms with Crippen LogP contribution >= 0.6 is 0 Å². The van der Waals surface area contributed by atoms with Crippen molar-refractivity contribution in [3.8, 4) is 0 Å². The van der Waals surface area contributed by atoms with E-state index in [0.29, 0.717) is 32.3 Å². The molecule has 3 atom stereocenters. The van der Waals surface area contributed by atoms with Gasteiger partial charge in [-0.1, -0.05) is 0 Å². The lowest BCUT2D eigenvalue weighted by atomic mass is 9.99. The average molecular weight is 344 g/mol. The van der Waals surface area contributed by atoms with Crippen molar-refractivity contribution >= 4 is 12.4 Å². The van der Waals surface area contributed by atoms with Crippen LogP contribution in [-0.4, -0.2) is 85.2 Å². The van der Waals surface area contributed by atoms with Gasteiger partial charge in [-0.2, -0.15) is 0 Å². The van der Waals surface area contributed by atoms with Crippen LogP contribution in [0.3, 0.4) is 0 Å². The van der Waals surface area contributed by atoms with Crippen molar-refractivity contribution in [2.75, 3.05) is 39.5 Å². The molecule has 0 unspecified atom stereocenters. The number of aliphatic hydroxyl groups is 1. The van der Waals surface area contributed by atoms with Gasteiger partial charge in [0.05, 0.1) is 12.7 Å². The summed E-state index contributed by atoms with van der Waals surface area (Å²) >= 11 is 0. The first-order valence-electron chi connectivity index (χ1n) is 8.60. The van der Waals surface area contributed by atoms with Crippen LogP contribution in [0.4, 0.5) is 0 Å². The average Bonchev–Trinajstić information content (AvgIpc) is 2.98. The Hall–Kier alpha value is -1.22. The van der Waals surface area contributed by atoms with E-state index < -0.39 is 0 Å². The number of amides is 1. The maximum absolute atomic E-state index is 12.3. The number of ether oxygens (including phenoxy) is 2. The quantitative estimate of drug-likeness (QED) is 0.588. The van der Waals surface area contributed by atoms with E-state index >= 15 is 0 Å². The van der Waals surface area contributed by atoms with Crippen LogP contribution < -0.4 is 5.32 Å². The third-order valence-corrected chi connectivity index (χ3v) is 4.88. The van der Waals surface area contributed by atoms with E-state index in [1.165, 1.54) is 0 Å². The Labute approximate surface area is 142 Å². The van der Waals surface area contributed by atoms with Crippen molar-refractivity contribution in [2.45, 2.75) is 43.9 Å². The second kappa shape index (κ2) is 9.93. The van der Waals surface area contributed by atoms with Crippen LogP contribution in [0.15, 0.2) is 0 Å². The summed E-state index contributed by atoms with van der Waals surface area (Å²) in [6, 6.07) is 0.654. The summed E-state index contributed by atoms with van der Waals surface area (Å²) in [6.45, 7) is 3.82. The molecular formula is C16H28N2O6. The van der Waals surface area contributed by atoms with E-state index in [1.54, 1.807) is 0 Å². The summed E-state index contributed by atoms with van der Waals surface area (Å²) in [5.41, 5.74) is 0. The molecular weight excluding hydrogens is 316 g/mol. The highest BCUT2D eigenvalue weighted by Crippen LogP contribution is 2.25. The van der Waals surface area contributed by atoms with E-state index in [9.17, 15) is 4.79 Å². The largest absolute Gasteiger partial charge is 0.483 e. The summed E-state index contributed by atoms with van der Waals surface area (Å²) in [7, 11) is 0. The lowest BCUT2D eigenvalue weighted by molar-refractivity contribution is -0.128. The maximum atomic E-state index is 12.3. The summed E-state index contributed by atoms with van der Waals surface area (Å²) < 4.78 is 11.1. The molecule has 3 rings (SSSR count). The van der Waals surface area contributed by atoms with Gasteiger partial charge >= 0.3 is 0 Å². The molecule has 3 fully saturated rings. The summed E-state index contributed by atoms with van der Waals surface area (Å²) in [6.07, 6.45) is 3.49. The molecule has 8 heteroatoms. The first kappa shape index (κ1) is 19.1. The van der Waals surface area contributed by atoms with Crippen LogP contribution in [0.25, 0.3) is 0 Å². The second-order valence-electron chi connectivity index (χ2n) is 6.51. The Bertz CT molecular complexity index is 402. The number of hydrogen-bond donors (Lipinski definition) is 3. The van der Waals surface area contributed by atoms with Gasteiger partial charge in [0.25, 0.3) is 6.47 Å². The van der Waals surface area contributed by atoms with Gasteiger partial charge in [0, 0.05) is 50.9 Å². The number of fused-ring (bicyclic) bond motifs is 1. The summed E-state index contributed by atoms with van der Waals surface area (Å²) in [5, 5.41) is 19.1. The third-order valence-electron chi connectivity index (χ3n) is 4.88. The molecule has 0 aromatic heterocycles. The van der Waals surface area contributed by atoms with Gasteiger partial charge in [0.15, 0.2) is 0 Å². The van der Waals surface area contributed by atoms with E-state index in [0.717, 1.165) is 32.4 Å². The van der Waals surface area contributed by atoms with Gasteiger partial charge in [-0.05, 0) is 25.7 Å². The van der Waals surface area contributed by atoms with Crippen molar-refractivity contribution in [3.63, 3.8) is 0 Å². The fourth-order valence-corrected chi connectivity index (χ4v) is 3.64. The molecule has 3 heterocycles. The van der Waals surface area contributed by atoms with Crippen LogP contribution in [0.2, 0.25) is 0 Å². The van der Waals surface area contributed by atoms with Gasteiger partial charge in [0.1, 0.15) is 0 Å². The normalized spacial score (nSPS) is 30.8. The Morgan fingerprint density at radius 1 is 1.29 bits per heavy atom. The second-order valence-corrected chi connectivity index (χ2v) is 6.51. The molecule has 0 spiro atoms. The molecule has 0 aromatic rings. The van der Waals surface area contributed by atoms with Crippen molar-refractivity contribution < 1.29 is 29.3 Å². The van der Waals surface area contributed by atoms with E-state index in [-0.39, 0.29) is 37.0 Å². The predicted octanol–water partition coefficient (Wildman–Crippen LogP) is -0.546. The molecule has 3 N–H and O–H groups in total. The minimum Gasteiger partial charge on any atom is -0.483 e. The van der Waals surface area contributed by atoms with Crippen LogP contribution in [-0.2, 0) is 19.1 Å². The van der Waals surface area contributed by atoms with Crippen LogP contribution in [0.1, 0.15) is 25.7 Å². The number of carboxylic acid groups (broad SMARTS) is 1. The maximum Gasteiger partial charge on any atom is 0.290 e. The molecule has 0 aromatic carbocycles. The van der Waals surface area contributed by atoms with Gasteiger partial charge in [-0.25, -0.2) is 0 Å². The van der Waals surface area contributed by atoms with Gasteiger partial charge in [-0.3, -0.25) is 14.5 Å². The van der Waals surface area contributed by atoms with Crippen molar-refractivity contribution in [3.05, 3.63) is 0 Å². The highest BCUT2D eigenvalue weighted by atomic mass is 16.5. The SMILES string of the molecule is O=C(N[C@H]1C[C@H]2CO[C@@H](CCO)CN2C1)C1CCOCC1.O=CO. The monoisotopic (exact) mass is 344 g/mol. The molecule has 3 saturated heterocycles. The Morgan fingerprint density at radius 2 is 2.00 bits per heavy atom. The van der Waals surface area contributed by atoms with Crippen molar-refractivity contribution in [2.24, 2.45) is 5.92 Å². The molecule has 3 aliphatic rings. The number of morpholine rings is 1. The molecule has 0 saturated carbocycles. The predicted molar refractivity (Wildman–Crippen MR) is 85.6 cm³/mol. The standard InChI is InChI=1S/C15H26N2O4.CH2O2/c18-4-1-14-9-17-8-12(7-13(17)10-21-14)16-15(19)11-2-5-20-6-3-11;2-1-3/h11-14,18H,1-10H2,(H,16,19);1H,(H,2,3)/t12-,13-,14-;/m0./s1. The number of nitrogens with one attached hydrogen (secondary N) is 1. The molecule has 0 bridgehead atoms. The highest BCUT2D eigenvalue weighted by Gasteiger charge is 2.38. The number of aliphatic hydroxyl groups excluding tert-OH is 1. The molecule has 3 aliphatic heterocycles. The number of carbonyl (C=O) groups is 2. The minimum absolute atomic E-state index is 0.120. The number of nitrogens with zero attached hydrogens (tertiary/aromatic N) is 1. The van der Waals surface area contributed by atoms with Crippen molar-refractivity contribution in [1.82, 2.24) is 10.2 Å². The first-order valence-corrected chi connectivity index (χ1v) is 8.60. The Balaban J connectivity index is 0.000000647. The van der Waals surface area contributed by atoms with E-state index in [1.807, 2.05) is 0 Å². The molecule has 0 aliphatic carbocycles. The van der Waals surface area contributed by atoms with Crippen LogP contribution in [0, 0.1) is 5.92 Å². The van der Waals surface area contributed by atoms with Gasteiger partial charge < -0.3 is 25.0 Å². The Morgan fingerprint density at radius 3 is 2.67 bits per heavy atom. The molecule has 24 heavy (non-hydrogen) atoms. The first-order chi connectivity index (χ1) is 11.7. The molecule has 0 radical (unpaired) electrons. The zero-order chi connectivity index (χ0) is 17.4. The van der Waals surface area contributed by atoms with Gasteiger partial charge in [0.2, 0.25) is 5.91 Å². The number of carbonyl (C=O) groups excluding carboxylic acids is 1. The topological polar surface area (TPSA) is 108 Å². The zero-order valence-electron chi connectivity index (χ0n) is 13.9. The van der Waals surface area contributed by atoms with Gasteiger partial charge in [-0.15, -0.1) is 0 Å².